The number of hydrogen-bond acceptors (Lipinski definition) is 13. The number of benzene rings is 1. The zero-order valence-corrected chi connectivity index (χ0v) is 28.5. The lowest BCUT2D eigenvalue weighted by atomic mass is 10.3. The highest BCUT2D eigenvalue weighted by atomic mass is 32.2. The van der Waals surface area contributed by atoms with E-state index in [2.05, 4.69) is 19.9 Å². The Balaban J connectivity index is 1.18. The first-order chi connectivity index (χ1) is 22.9. The molecule has 0 bridgehead atoms. The molecule has 0 saturated carbocycles. The Labute approximate surface area is 278 Å². The molecule has 3 aliphatic heterocycles. The maximum absolute atomic E-state index is 14.4. The van der Waals surface area contributed by atoms with E-state index >= 15 is 0 Å². The van der Waals surface area contributed by atoms with Crippen LogP contribution in [0.3, 0.4) is 0 Å². The van der Waals surface area contributed by atoms with Crippen LogP contribution in [0.15, 0.2) is 18.2 Å². The molecule has 48 heavy (non-hydrogen) atoms. The average Bonchev–Trinajstić information content (AvgIpc) is 3.49. The number of ether oxygens (including phenoxy) is 2. The van der Waals surface area contributed by atoms with Crippen molar-refractivity contribution in [2.24, 2.45) is 0 Å². The third-order valence-electron chi connectivity index (χ3n) is 8.77. The quantitative estimate of drug-likeness (QED) is 0.269. The first-order valence-corrected chi connectivity index (χ1v) is 19.2. The molecule has 16 nitrogen and oxygen atoms in total. The molecule has 0 N–H and O–H groups in total. The van der Waals surface area contributed by atoms with E-state index in [0.717, 1.165) is 0 Å². The monoisotopic (exact) mass is 714 g/mol. The molecule has 264 valence electrons. The van der Waals surface area contributed by atoms with Gasteiger partial charge in [-0.3, -0.25) is 4.57 Å². The second-order valence-corrected chi connectivity index (χ2v) is 15.9. The van der Waals surface area contributed by atoms with E-state index in [9.17, 15) is 25.6 Å². The van der Waals surface area contributed by atoms with Gasteiger partial charge in [-0.2, -0.15) is 23.6 Å². The Kier molecular flexibility index (Phi) is 10.3. The number of hydrogen-bond donors (Lipinski definition) is 0. The Morgan fingerprint density at radius 1 is 0.812 bits per heavy atom. The largest absolute Gasteiger partial charge is 0.494 e. The minimum Gasteiger partial charge on any atom is -0.494 e. The summed E-state index contributed by atoms with van der Waals surface area (Å²) >= 11 is 0. The molecular formula is C28H40F2N10O6S2. The SMILES string of the molecule is COc1cccc2c1nc(C(F)F)n2-c1nc(N2CCOCC2)nc(N2CCN(S(=O)(=O)CCCN3CCN(S(C)(=O)=O)CC3)CC2)n1. The van der Waals surface area contributed by atoms with Crippen LogP contribution in [0.2, 0.25) is 0 Å². The van der Waals surface area contributed by atoms with Gasteiger partial charge in [-0.25, -0.2) is 30.6 Å². The summed E-state index contributed by atoms with van der Waals surface area (Å²) in [6.45, 7) is 5.39. The number of aromatic nitrogens is 5. The first kappa shape index (κ1) is 34.6. The molecule has 0 atom stereocenters. The van der Waals surface area contributed by atoms with Crippen molar-refractivity contribution in [1.82, 2.24) is 38.0 Å². The van der Waals surface area contributed by atoms with Gasteiger partial charge in [0.1, 0.15) is 11.3 Å². The van der Waals surface area contributed by atoms with Gasteiger partial charge in [-0.1, -0.05) is 6.07 Å². The van der Waals surface area contributed by atoms with Gasteiger partial charge < -0.3 is 24.2 Å². The number of piperazine rings is 2. The fraction of sp³-hybridized carbons (Fsp3) is 0.643. The predicted molar refractivity (Wildman–Crippen MR) is 174 cm³/mol. The van der Waals surface area contributed by atoms with E-state index in [1.807, 2.05) is 9.80 Å². The number of nitrogens with zero attached hydrogens (tertiary/aromatic N) is 10. The van der Waals surface area contributed by atoms with Gasteiger partial charge in [-0.05, 0) is 25.1 Å². The topological polar surface area (TPSA) is 159 Å². The van der Waals surface area contributed by atoms with Gasteiger partial charge in [0.15, 0.2) is 5.82 Å². The number of halogens is 2. The number of rotatable bonds is 11. The number of imidazole rings is 1. The number of sulfonamides is 2. The van der Waals surface area contributed by atoms with E-state index in [4.69, 9.17) is 14.5 Å². The van der Waals surface area contributed by atoms with Crippen LogP contribution >= 0.6 is 0 Å². The molecule has 20 heteroatoms. The zero-order valence-electron chi connectivity index (χ0n) is 26.9. The van der Waals surface area contributed by atoms with Gasteiger partial charge >= 0.3 is 0 Å². The zero-order chi connectivity index (χ0) is 34.1. The molecule has 0 spiro atoms. The van der Waals surface area contributed by atoms with Gasteiger partial charge in [0, 0.05) is 65.4 Å². The standard InChI is InChI=1S/C28H40F2N10O6S2/c1-45-22-6-3-5-21-23(22)31-25(24(29)30)40(21)28-33-26(32-27(34-28)37-16-18-46-19-17-37)36-10-14-39(15-11-36)48(43,44)20-4-7-35-8-12-38(13-9-35)47(2,41)42/h3,5-6,24H,4,7-20H2,1-2H3. The van der Waals surface area contributed by atoms with Crippen molar-refractivity contribution in [1.29, 1.82) is 0 Å². The van der Waals surface area contributed by atoms with Crippen LogP contribution in [0.1, 0.15) is 18.7 Å². The summed E-state index contributed by atoms with van der Waals surface area (Å²) in [5, 5.41) is 0. The lowest BCUT2D eigenvalue weighted by Gasteiger charge is -2.35. The third-order valence-corrected chi connectivity index (χ3v) is 12.0. The highest BCUT2D eigenvalue weighted by molar-refractivity contribution is 7.89. The lowest BCUT2D eigenvalue weighted by Crippen LogP contribution is -2.50. The Morgan fingerprint density at radius 3 is 2.02 bits per heavy atom. The molecule has 5 heterocycles. The predicted octanol–water partition coefficient (Wildman–Crippen LogP) is 0.412. The summed E-state index contributed by atoms with van der Waals surface area (Å²) in [6.07, 6.45) is -1.31. The molecule has 0 unspecified atom stereocenters. The maximum atomic E-state index is 14.4. The molecule has 3 fully saturated rings. The average molecular weight is 715 g/mol. The molecule has 0 amide bonds. The smallest absolute Gasteiger partial charge is 0.296 e. The summed E-state index contributed by atoms with van der Waals surface area (Å²) in [7, 11) is -5.34. The number of methoxy groups -OCH3 is 1. The third kappa shape index (κ3) is 7.47. The van der Waals surface area contributed by atoms with Crippen LogP contribution in [-0.2, 0) is 24.8 Å². The minimum atomic E-state index is -3.55. The van der Waals surface area contributed by atoms with E-state index in [1.165, 1.54) is 26.5 Å². The Hall–Kier alpha value is -3.30. The Morgan fingerprint density at radius 2 is 1.42 bits per heavy atom. The van der Waals surface area contributed by atoms with Crippen molar-refractivity contribution in [2.75, 3.05) is 114 Å². The van der Waals surface area contributed by atoms with Gasteiger partial charge in [-0.15, -0.1) is 0 Å². The number of fused-ring (bicyclic) bond motifs is 1. The molecule has 0 radical (unpaired) electrons. The van der Waals surface area contributed by atoms with Crippen LogP contribution in [0.25, 0.3) is 17.0 Å². The van der Waals surface area contributed by atoms with Gasteiger partial charge in [0.2, 0.25) is 37.9 Å². The second kappa shape index (κ2) is 14.3. The van der Waals surface area contributed by atoms with Crippen molar-refractivity contribution >= 4 is 43.0 Å². The molecular weight excluding hydrogens is 675 g/mol. The number of morpholine rings is 1. The number of alkyl halides is 2. The molecule has 3 saturated heterocycles. The van der Waals surface area contributed by atoms with E-state index in [1.54, 1.807) is 18.2 Å². The van der Waals surface area contributed by atoms with Crippen molar-refractivity contribution < 1.29 is 35.1 Å². The van der Waals surface area contributed by atoms with E-state index in [-0.39, 0.29) is 36.3 Å². The Bertz CT molecular complexity index is 1810. The molecule has 2 aromatic heterocycles. The second-order valence-electron chi connectivity index (χ2n) is 11.8. The molecule has 0 aliphatic carbocycles. The summed E-state index contributed by atoms with van der Waals surface area (Å²) in [6, 6.07) is 4.97. The van der Waals surface area contributed by atoms with Crippen molar-refractivity contribution in [3.63, 3.8) is 0 Å². The highest BCUT2D eigenvalue weighted by Gasteiger charge is 2.31. The van der Waals surface area contributed by atoms with Crippen LogP contribution in [0.4, 0.5) is 20.7 Å². The van der Waals surface area contributed by atoms with E-state index in [0.29, 0.717) is 95.8 Å². The summed E-state index contributed by atoms with van der Waals surface area (Å²) in [4.78, 5) is 24.0. The summed E-state index contributed by atoms with van der Waals surface area (Å²) in [5.74, 6) is 0.298. The summed E-state index contributed by atoms with van der Waals surface area (Å²) in [5.41, 5.74) is 0.600. The van der Waals surface area contributed by atoms with Crippen molar-refractivity contribution in [3.05, 3.63) is 24.0 Å². The molecule has 3 aromatic rings. The highest BCUT2D eigenvalue weighted by Crippen LogP contribution is 2.32. The van der Waals surface area contributed by atoms with Crippen LogP contribution < -0.4 is 14.5 Å². The minimum absolute atomic E-state index is 0.0239. The normalized spacial score (nSPS) is 19.4. The lowest BCUT2D eigenvalue weighted by molar-refractivity contribution is 0.122. The number of anilines is 2. The molecule has 3 aliphatic rings. The van der Waals surface area contributed by atoms with E-state index < -0.39 is 32.3 Å². The van der Waals surface area contributed by atoms with Crippen molar-refractivity contribution in [2.45, 2.75) is 12.8 Å². The summed E-state index contributed by atoms with van der Waals surface area (Å²) < 4.78 is 93.8. The molecule has 1 aromatic carbocycles. The van der Waals surface area contributed by atoms with Crippen LogP contribution in [0.5, 0.6) is 5.75 Å². The van der Waals surface area contributed by atoms with Crippen LogP contribution in [0, 0.1) is 0 Å². The van der Waals surface area contributed by atoms with Gasteiger partial charge in [0.25, 0.3) is 6.43 Å². The van der Waals surface area contributed by atoms with Crippen molar-refractivity contribution in [3.8, 4) is 11.7 Å². The fourth-order valence-electron chi connectivity index (χ4n) is 6.15. The molecule has 6 rings (SSSR count). The maximum Gasteiger partial charge on any atom is 0.296 e. The first-order valence-electron chi connectivity index (χ1n) is 15.8. The van der Waals surface area contributed by atoms with Gasteiger partial charge in [0.05, 0.1) is 37.8 Å². The van der Waals surface area contributed by atoms with Crippen LogP contribution in [-0.4, -0.2) is 159 Å². The number of para-hydroxylation sites is 1. The fourth-order valence-corrected chi connectivity index (χ4v) is 8.45.